The lowest BCUT2D eigenvalue weighted by Crippen LogP contribution is -2.51. The Morgan fingerprint density at radius 1 is 0.846 bits per heavy atom. The van der Waals surface area contributed by atoms with E-state index in [1.54, 1.807) is 0 Å². The fourth-order valence-electron chi connectivity index (χ4n) is 6.36. The normalized spacial score (nSPS) is 36.8. The first kappa shape index (κ1) is 20.2. The number of ether oxygens (including phenoxy) is 1. The highest BCUT2D eigenvalue weighted by molar-refractivity contribution is 5.69. The van der Waals surface area contributed by atoms with Crippen molar-refractivity contribution >= 4 is 5.97 Å². The van der Waals surface area contributed by atoms with Crippen LogP contribution in [0.5, 0.6) is 0 Å². The van der Waals surface area contributed by atoms with E-state index >= 15 is 0 Å². The lowest BCUT2D eigenvalue weighted by atomic mass is 9.51. The van der Waals surface area contributed by atoms with Gasteiger partial charge in [-0.1, -0.05) is 65.2 Å². The molecule has 0 amide bonds. The molecule has 0 atom stereocenters. The highest BCUT2D eigenvalue weighted by Crippen LogP contribution is 2.60. The van der Waals surface area contributed by atoms with Crippen molar-refractivity contribution in [2.24, 2.45) is 17.3 Å². The van der Waals surface area contributed by atoms with Crippen LogP contribution in [0.3, 0.4) is 0 Å². The third-order valence-electron chi connectivity index (χ3n) is 8.28. The summed E-state index contributed by atoms with van der Waals surface area (Å²) in [4.78, 5) is 11.8. The summed E-state index contributed by atoms with van der Waals surface area (Å²) in [5.41, 5.74) is 0.525. The predicted octanol–water partition coefficient (Wildman–Crippen LogP) is 7.20. The molecule has 4 rings (SSSR count). The van der Waals surface area contributed by atoms with E-state index in [0.717, 1.165) is 31.1 Å². The Bertz CT molecular complexity index is 423. The highest BCUT2D eigenvalue weighted by Gasteiger charge is 2.53. The minimum absolute atomic E-state index is 0.0128. The van der Waals surface area contributed by atoms with Crippen LogP contribution >= 0.6 is 0 Å². The van der Waals surface area contributed by atoms with Gasteiger partial charge in [0.05, 0.1) is 0 Å². The van der Waals surface area contributed by atoms with Gasteiger partial charge in [-0.05, 0) is 68.6 Å². The highest BCUT2D eigenvalue weighted by atomic mass is 16.6. The summed E-state index contributed by atoms with van der Waals surface area (Å²) in [5.74, 6) is 1.99. The lowest BCUT2D eigenvalue weighted by Gasteiger charge is -2.56. The molecule has 0 aromatic carbocycles. The van der Waals surface area contributed by atoms with Gasteiger partial charge in [-0.25, -0.2) is 0 Å². The molecule has 2 nitrogen and oxygen atoms in total. The van der Waals surface area contributed by atoms with Crippen molar-refractivity contribution < 1.29 is 9.53 Å². The van der Waals surface area contributed by atoms with E-state index in [1.807, 2.05) is 6.92 Å². The standard InChI is InChI=1S/C24H42O2/c1-3-5-6-7-8-9-20-10-12-21(13-11-20)23-14-17-24(18-15-23,19-16-23)26-22(25)4-2/h20-21H,3-19H2,1-2H3. The second kappa shape index (κ2) is 9.11. The molecule has 4 aliphatic rings. The summed E-state index contributed by atoms with van der Waals surface area (Å²) < 4.78 is 5.90. The van der Waals surface area contributed by atoms with Crippen LogP contribution < -0.4 is 0 Å². The molecular weight excluding hydrogens is 320 g/mol. The maximum absolute atomic E-state index is 11.8. The average molecular weight is 363 g/mol. The van der Waals surface area contributed by atoms with Crippen molar-refractivity contribution in [1.82, 2.24) is 0 Å². The summed E-state index contributed by atoms with van der Waals surface area (Å²) in [6.45, 7) is 4.21. The maximum atomic E-state index is 11.8. The van der Waals surface area contributed by atoms with Crippen molar-refractivity contribution in [3.63, 3.8) is 0 Å². The lowest BCUT2D eigenvalue weighted by molar-refractivity contribution is -0.182. The number of unbranched alkanes of at least 4 members (excludes halogenated alkanes) is 4. The number of esters is 1. The molecule has 0 aromatic rings. The minimum atomic E-state index is -0.0788. The smallest absolute Gasteiger partial charge is 0.306 e. The molecule has 2 bridgehead atoms. The fraction of sp³-hybridized carbons (Fsp3) is 0.958. The van der Waals surface area contributed by atoms with Crippen LogP contribution in [-0.2, 0) is 9.53 Å². The first-order chi connectivity index (χ1) is 12.6. The SMILES string of the molecule is CCCCCCCC1CCC(C23CCC(OC(=O)CC)(CC2)CC3)CC1. The molecular formula is C24H42O2. The first-order valence-corrected chi connectivity index (χ1v) is 11.8. The van der Waals surface area contributed by atoms with E-state index < -0.39 is 0 Å². The second-order valence-electron chi connectivity index (χ2n) is 9.79. The Morgan fingerprint density at radius 3 is 2.04 bits per heavy atom. The van der Waals surface area contributed by atoms with Crippen LogP contribution in [0.25, 0.3) is 0 Å². The number of rotatable bonds is 9. The number of carbonyl (C=O) groups excluding carboxylic acids is 1. The molecule has 0 saturated heterocycles. The minimum Gasteiger partial charge on any atom is -0.459 e. The van der Waals surface area contributed by atoms with Crippen molar-refractivity contribution in [2.75, 3.05) is 0 Å². The fourth-order valence-corrected chi connectivity index (χ4v) is 6.36. The summed E-state index contributed by atoms with van der Waals surface area (Å²) in [6.07, 6.45) is 22.4. The average Bonchev–Trinajstić information content (AvgIpc) is 2.69. The van der Waals surface area contributed by atoms with Crippen LogP contribution in [0.1, 0.15) is 123 Å². The zero-order chi connectivity index (χ0) is 18.5. The number of carbonyl (C=O) groups is 1. The Labute approximate surface area is 161 Å². The molecule has 0 N–H and O–H groups in total. The van der Waals surface area contributed by atoms with Crippen molar-refractivity contribution in [2.45, 2.75) is 129 Å². The zero-order valence-electron chi connectivity index (χ0n) is 17.5. The van der Waals surface area contributed by atoms with Crippen molar-refractivity contribution in [3.05, 3.63) is 0 Å². The molecule has 26 heavy (non-hydrogen) atoms. The Balaban J connectivity index is 1.41. The van der Waals surface area contributed by atoms with E-state index in [1.165, 1.54) is 83.5 Å². The van der Waals surface area contributed by atoms with E-state index in [-0.39, 0.29) is 11.6 Å². The van der Waals surface area contributed by atoms with Crippen LogP contribution in [0.15, 0.2) is 0 Å². The molecule has 0 heterocycles. The van der Waals surface area contributed by atoms with E-state index in [9.17, 15) is 4.79 Å². The van der Waals surface area contributed by atoms with Gasteiger partial charge >= 0.3 is 5.97 Å². The third kappa shape index (κ3) is 4.65. The number of fused-ring (bicyclic) bond motifs is 3. The Hall–Kier alpha value is -0.530. The molecule has 4 aliphatic carbocycles. The molecule has 4 fully saturated rings. The van der Waals surface area contributed by atoms with E-state index in [0.29, 0.717) is 11.8 Å². The second-order valence-corrected chi connectivity index (χ2v) is 9.79. The number of hydrogen-bond donors (Lipinski definition) is 0. The summed E-state index contributed by atoms with van der Waals surface area (Å²) >= 11 is 0. The quantitative estimate of drug-likeness (QED) is 0.320. The molecule has 0 unspecified atom stereocenters. The molecule has 150 valence electrons. The van der Waals surface area contributed by atoms with Gasteiger partial charge in [0.2, 0.25) is 0 Å². The summed E-state index contributed by atoms with van der Waals surface area (Å²) in [5, 5.41) is 0. The van der Waals surface area contributed by atoms with Crippen LogP contribution in [0, 0.1) is 17.3 Å². The Kier molecular flexibility index (Phi) is 7.08. The molecule has 0 radical (unpaired) electrons. The van der Waals surface area contributed by atoms with E-state index in [2.05, 4.69) is 6.92 Å². The topological polar surface area (TPSA) is 26.3 Å². The monoisotopic (exact) mass is 362 g/mol. The molecule has 0 aromatic heterocycles. The third-order valence-corrected chi connectivity index (χ3v) is 8.28. The molecule has 0 spiro atoms. The van der Waals surface area contributed by atoms with Gasteiger partial charge < -0.3 is 4.74 Å². The van der Waals surface area contributed by atoms with Crippen LogP contribution in [-0.4, -0.2) is 11.6 Å². The Morgan fingerprint density at radius 2 is 1.46 bits per heavy atom. The van der Waals surface area contributed by atoms with Crippen LogP contribution in [0.2, 0.25) is 0 Å². The molecule has 0 aliphatic heterocycles. The zero-order valence-corrected chi connectivity index (χ0v) is 17.5. The molecule has 2 heteroatoms. The van der Waals surface area contributed by atoms with Gasteiger partial charge in [-0.2, -0.15) is 0 Å². The van der Waals surface area contributed by atoms with Crippen molar-refractivity contribution in [1.29, 1.82) is 0 Å². The largest absolute Gasteiger partial charge is 0.459 e. The van der Waals surface area contributed by atoms with Gasteiger partial charge in [-0.3, -0.25) is 4.79 Å². The van der Waals surface area contributed by atoms with Gasteiger partial charge in [0.15, 0.2) is 0 Å². The van der Waals surface area contributed by atoms with Gasteiger partial charge in [0.25, 0.3) is 0 Å². The van der Waals surface area contributed by atoms with Gasteiger partial charge in [0, 0.05) is 6.42 Å². The van der Waals surface area contributed by atoms with E-state index in [4.69, 9.17) is 4.74 Å². The van der Waals surface area contributed by atoms with Crippen molar-refractivity contribution in [3.8, 4) is 0 Å². The predicted molar refractivity (Wildman–Crippen MR) is 108 cm³/mol. The van der Waals surface area contributed by atoms with Crippen LogP contribution in [0.4, 0.5) is 0 Å². The maximum Gasteiger partial charge on any atom is 0.306 e. The van der Waals surface area contributed by atoms with Gasteiger partial charge in [-0.15, -0.1) is 0 Å². The summed E-state index contributed by atoms with van der Waals surface area (Å²) in [7, 11) is 0. The van der Waals surface area contributed by atoms with Gasteiger partial charge in [0.1, 0.15) is 5.60 Å². The molecule has 4 saturated carbocycles. The first-order valence-electron chi connectivity index (χ1n) is 11.8. The number of hydrogen-bond acceptors (Lipinski definition) is 2. The summed E-state index contributed by atoms with van der Waals surface area (Å²) in [6, 6.07) is 0.